The Morgan fingerprint density at radius 3 is 1.83 bits per heavy atom. The Balaban J connectivity index is -0.000000574. The molecule has 2 N–H and O–H groups in total. The van der Waals surface area contributed by atoms with Gasteiger partial charge in [0.05, 0.1) is 13.1 Å². The Bertz CT molecular complexity index is 257. The second-order valence-electron chi connectivity index (χ2n) is 5.22. The van der Waals surface area contributed by atoms with Crippen molar-refractivity contribution in [3.05, 3.63) is 0 Å². The van der Waals surface area contributed by atoms with Gasteiger partial charge in [0, 0.05) is 6.54 Å². The van der Waals surface area contributed by atoms with E-state index in [9.17, 15) is 9.59 Å². The Morgan fingerprint density at radius 2 is 1.39 bits per heavy atom. The average Bonchev–Trinajstić information content (AvgIpc) is 2.58. The lowest BCUT2D eigenvalue weighted by Gasteiger charge is -2.15. The zero-order chi connectivity index (χ0) is 18.5. The minimum atomic E-state index is -0.128. The van der Waals surface area contributed by atoms with E-state index in [4.69, 9.17) is 0 Å². The molecule has 0 aliphatic carbocycles. The molecular weight excluding hydrogens is 290 g/mol. The minimum Gasteiger partial charge on any atom is -0.355 e. The highest BCUT2D eigenvalue weighted by Crippen LogP contribution is 1.90. The van der Waals surface area contributed by atoms with E-state index in [0.717, 1.165) is 25.8 Å². The maximum absolute atomic E-state index is 11.5. The van der Waals surface area contributed by atoms with Crippen LogP contribution < -0.4 is 10.6 Å². The summed E-state index contributed by atoms with van der Waals surface area (Å²) in [4.78, 5) is 24.6. The molecule has 0 radical (unpaired) electrons. The van der Waals surface area contributed by atoms with Crippen LogP contribution in [0.5, 0.6) is 0 Å². The standard InChI is InChI=1S/C12H25N3O2.C4H10.C2H6/c1-4-6-8-15(3)10-12(17)14-9-11(16)13-7-5-2;1-3-4-2;1-2/h4-10H2,1-3H3,(H,13,16)(H,14,17);3-4H2,1-2H3;1-2H3. The third-order valence-corrected chi connectivity index (χ3v) is 2.83. The second-order valence-corrected chi connectivity index (χ2v) is 5.22. The van der Waals surface area contributed by atoms with Crippen LogP contribution in [0.1, 0.15) is 73.6 Å². The van der Waals surface area contributed by atoms with Gasteiger partial charge in [-0.25, -0.2) is 0 Å². The summed E-state index contributed by atoms with van der Waals surface area (Å²) in [6.07, 6.45) is 5.74. The predicted octanol–water partition coefficient (Wildman–Crippen LogP) is 3.19. The fourth-order valence-electron chi connectivity index (χ4n) is 1.31. The highest BCUT2D eigenvalue weighted by atomic mass is 16.2. The average molecular weight is 332 g/mol. The van der Waals surface area contributed by atoms with E-state index in [1.807, 2.05) is 32.7 Å². The zero-order valence-electron chi connectivity index (χ0n) is 16.6. The summed E-state index contributed by atoms with van der Waals surface area (Å²) in [7, 11) is 1.91. The summed E-state index contributed by atoms with van der Waals surface area (Å²) in [5.41, 5.74) is 0. The molecule has 0 fully saturated rings. The van der Waals surface area contributed by atoms with Crippen molar-refractivity contribution in [1.29, 1.82) is 0 Å². The molecule has 0 saturated carbocycles. The molecule has 23 heavy (non-hydrogen) atoms. The third-order valence-electron chi connectivity index (χ3n) is 2.83. The molecule has 0 spiro atoms. The van der Waals surface area contributed by atoms with Crippen molar-refractivity contribution in [3.8, 4) is 0 Å². The first-order chi connectivity index (χ1) is 11.0. The largest absolute Gasteiger partial charge is 0.355 e. The van der Waals surface area contributed by atoms with Crippen LogP contribution in [-0.4, -0.2) is 49.9 Å². The first kappa shape index (κ1) is 26.8. The molecule has 0 aromatic heterocycles. The lowest BCUT2D eigenvalue weighted by Crippen LogP contribution is -2.41. The topological polar surface area (TPSA) is 61.4 Å². The zero-order valence-corrected chi connectivity index (χ0v) is 16.6. The summed E-state index contributed by atoms with van der Waals surface area (Å²) in [6.45, 7) is 14.5. The summed E-state index contributed by atoms with van der Waals surface area (Å²) in [5.74, 6) is -0.230. The van der Waals surface area contributed by atoms with E-state index in [1.165, 1.54) is 12.8 Å². The Labute approximate surface area is 144 Å². The maximum atomic E-state index is 11.5. The van der Waals surface area contributed by atoms with Crippen molar-refractivity contribution < 1.29 is 9.59 Å². The van der Waals surface area contributed by atoms with Crippen LogP contribution >= 0.6 is 0 Å². The number of hydrogen-bond donors (Lipinski definition) is 2. The van der Waals surface area contributed by atoms with Crippen molar-refractivity contribution in [2.75, 3.05) is 33.2 Å². The quantitative estimate of drug-likeness (QED) is 0.646. The summed E-state index contributed by atoms with van der Waals surface area (Å²) in [6, 6.07) is 0. The number of rotatable bonds is 10. The van der Waals surface area contributed by atoms with Gasteiger partial charge >= 0.3 is 0 Å². The lowest BCUT2D eigenvalue weighted by molar-refractivity contribution is -0.126. The highest BCUT2D eigenvalue weighted by molar-refractivity contribution is 5.85. The molecular formula is C18H41N3O2. The molecule has 0 heterocycles. The second kappa shape index (κ2) is 23.2. The number of amides is 2. The van der Waals surface area contributed by atoms with Crippen molar-refractivity contribution in [2.45, 2.75) is 73.6 Å². The fraction of sp³-hybridized carbons (Fsp3) is 0.889. The SMILES string of the molecule is CC.CCCC.CCCCN(C)CC(=O)NCC(=O)NCCC. The van der Waals surface area contributed by atoms with Crippen LogP contribution in [0.25, 0.3) is 0 Å². The van der Waals surface area contributed by atoms with Gasteiger partial charge in [-0.1, -0.05) is 60.8 Å². The summed E-state index contributed by atoms with van der Waals surface area (Å²) >= 11 is 0. The van der Waals surface area contributed by atoms with E-state index in [0.29, 0.717) is 13.1 Å². The first-order valence-electron chi connectivity index (χ1n) is 9.23. The summed E-state index contributed by atoms with van der Waals surface area (Å²) < 4.78 is 0. The van der Waals surface area contributed by atoms with Crippen molar-refractivity contribution in [2.24, 2.45) is 0 Å². The smallest absolute Gasteiger partial charge is 0.239 e. The number of carbonyl (C=O) groups is 2. The number of nitrogens with one attached hydrogen (secondary N) is 2. The number of unbranched alkanes of at least 4 members (excludes halogenated alkanes) is 2. The molecule has 0 rings (SSSR count). The molecule has 5 nitrogen and oxygen atoms in total. The van der Waals surface area contributed by atoms with Gasteiger partial charge in [-0.3, -0.25) is 14.5 Å². The van der Waals surface area contributed by atoms with Gasteiger partial charge in [0.1, 0.15) is 0 Å². The minimum absolute atomic E-state index is 0.0699. The van der Waals surface area contributed by atoms with Crippen molar-refractivity contribution in [1.82, 2.24) is 15.5 Å². The van der Waals surface area contributed by atoms with Gasteiger partial charge in [-0.15, -0.1) is 0 Å². The fourth-order valence-corrected chi connectivity index (χ4v) is 1.31. The van der Waals surface area contributed by atoms with Gasteiger partial charge in [-0.2, -0.15) is 0 Å². The molecule has 140 valence electrons. The molecule has 5 heteroatoms. The molecule has 0 saturated heterocycles. The van der Waals surface area contributed by atoms with E-state index in [-0.39, 0.29) is 18.4 Å². The van der Waals surface area contributed by atoms with Gasteiger partial charge in [0.2, 0.25) is 11.8 Å². The molecule has 0 unspecified atom stereocenters. The number of likely N-dealkylation sites (N-methyl/N-ethyl adjacent to an activating group) is 1. The van der Waals surface area contributed by atoms with Crippen LogP contribution in [-0.2, 0) is 9.59 Å². The van der Waals surface area contributed by atoms with E-state index < -0.39 is 0 Å². The first-order valence-corrected chi connectivity index (χ1v) is 9.23. The molecule has 0 aromatic carbocycles. The molecule has 0 aromatic rings. The van der Waals surface area contributed by atoms with Gasteiger partial charge in [0.25, 0.3) is 0 Å². The van der Waals surface area contributed by atoms with E-state index in [1.54, 1.807) is 0 Å². The third kappa shape index (κ3) is 26.1. The molecule has 0 aliphatic rings. The monoisotopic (exact) mass is 331 g/mol. The van der Waals surface area contributed by atoms with E-state index >= 15 is 0 Å². The van der Waals surface area contributed by atoms with Gasteiger partial charge in [0.15, 0.2) is 0 Å². The lowest BCUT2D eigenvalue weighted by atomic mass is 10.3. The molecule has 0 bridgehead atoms. The molecule has 2 amide bonds. The van der Waals surface area contributed by atoms with Crippen LogP contribution in [0.15, 0.2) is 0 Å². The number of hydrogen-bond acceptors (Lipinski definition) is 3. The summed E-state index contributed by atoms with van der Waals surface area (Å²) in [5, 5.41) is 5.31. The van der Waals surface area contributed by atoms with E-state index in [2.05, 4.69) is 31.4 Å². The van der Waals surface area contributed by atoms with Crippen LogP contribution in [0, 0.1) is 0 Å². The number of carbonyl (C=O) groups excluding carboxylic acids is 2. The van der Waals surface area contributed by atoms with Gasteiger partial charge in [-0.05, 0) is 26.4 Å². The Morgan fingerprint density at radius 1 is 0.826 bits per heavy atom. The Hall–Kier alpha value is -1.10. The van der Waals surface area contributed by atoms with Gasteiger partial charge < -0.3 is 10.6 Å². The molecule has 0 aliphatic heterocycles. The van der Waals surface area contributed by atoms with Crippen LogP contribution in [0.4, 0.5) is 0 Å². The van der Waals surface area contributed by atoms with Crippen molar-refractivity contribution in [3.63, 3.8) is 0 Å². The number of nitrogens with zero attached hydrogens (tertiary/aromatic N) is 1. The highest BCUT2D eigenvalue weighted by Gasteiger charge is 2.07. The maximum Gasteiger partial charge on any atom is 0.239 e. The Kier molecular flexibility index (Phi) is 27.0. The van der Waals surface area contributed by atoms with Crippen LogP contribution in [0.2, 0.25) is 0 Å². The van der Waals surface area contributed by atoms with Crippen molar-refractivity contribution >= 4 is 11.8 Å². The molecule has 0 atom stereocenters. The predicted molar refractivity (Wildman–Crippen MR) is 101 cm³/mol. The normalized spacial score (nSPS) is 9.22. The van der Waals surface area contributed by atoms with Crippen LogP contribution in [0.3, 0.4) is 0 Å².